The lowest BCUT2D eigenvalue weighted by Gasteiger charge is -2.00. The van der Waals surface area contributed by atoms with E-state index in [4.69, 9.17) is 21.8 Å². The molecule has 82 valence electrons. The second kappa shape index (κ2) is 3.49. The van der Waals surface area contributed by atoms with E-state index in [0.29, 0.717) is 34.0 Å². The van der Waals surface area contributed by atoms with Gasteiger partial charge in [0.1, 0.15) is 0 Å². The molecule has 0 unspecified atom stereocenters. The third-order valence-electron chi connectivity index (χ3n) is 2.61. The van der Waals surface area contributed by atoms with E-state index in [1.54, 1.807) is 18.2 Å². The van der Waals surface area contributed by atoms with E-state index in [9.17, 15) is 0 Å². The first kappa shape index (κ1) is 9.66. The number of benzene rings is 1. The fourth-order valence-electron chi connectivity index (χ4n) is 1.55. The van der Waals surface area contributed by atoms with Crippen molar-refractivity contribution in [3.8, 4) is 11.5 Å². The van der Waals surface area contributed by atoms with Crippen LogP contribution in [0.1, 0.15) is 24.7 Å². The van der Waals surface area contributed by atoms with Crippen molar-refractivity contribution < 1.29 is 4.42 Å². The number of nitrogen functional groups attached to an aromatic ring is 1. The molecule has 0 saturated heterocycles. The molecule has 1 saturated carbocycles. The van der Waals surface area contributed by atoms with Gasteiger partial charge >= 0.3 is 0 Å². The predicted octanol–water partition coefficient (Wildman–Crippen LogP) is 2.85. The van der Waals surface area contributed by atoms with Gasteiger partial charge in [-0.3, -0.25) is 0 Å². The van der Waals surface area contributed by atoms with E-state index < -0.39 is 0 Å². The molecule has 0 radical (unpaired) electrons. The molecule has 1 aromatic carbocycles. The Morgan fingerprint density at radius 1 is 1.31 bits per heavy atom. The zero-order valence-corrected chi connectivity index (χ0v) is 9.24. The maximum absolute atomic E-state index is 5.90. The highest BCUT2D eigenvalue weighted by Crippen LogP contribution is 2.40. The molecule has 1 heterocycles. The van der Waals surface area contributed by atoms with Crippen LogP contribution in [0, 0.1) is 0 Å². The summed E-state index contributed by atoms with van der Waals surface area (Å²) in [6.07, 6.45) is 2.26. The van der Waals surface area contributed by atoms with Gasteiger partial charge in [-0.05, 0) is 31.0 Å². The van der Waals surface area contributed by atoms with Gasteiger partial charge in [-0.25, -0.2) is 0 Å². The standard InChI is InChI=1S/C11H10ClN3O/c12-7-3-4-9(13)8(5-7)11-15-14-10(16-11)6-1-2-6/h3-6H,1-2,13H2. The van der Waals surface area contributed by atoms with E-state index in [1.165, 1.54) is 0 Å². The molecule has 3 rings (SSSR count). The number of rotatable bonds is 2. The molecule has 1 aliphatic rings. The van der Waals surface area contributed by atoms with Crippen LogP contribution in [-0.2, 0) is 0 Å². The second-order valence-corrected chi connectivity index (χ2v) is 4.39. The minimum atomic E-state index is 0.446. The fraction of sp³-hybridized carbons (Fsp3) is 0.273. The molecule has 0 aliphatic heterocycles. The van der Waals surface area contributed by atoms with Crippen LogP contribution >= 0.6 is 11.6 Å². The smallest absolute Gasteiger partial charge is 0.249 e. The van der Waals surface area contributed by atoms with E-state index in [-0.39, 0.29) is 0 Å². The van der Waals surface area contributed by atoms with E-state index in [2.05, 4.69) is 10.2 Å². The minimum absolute atomic E-state index is 0.446. The van der Waals surface area contributed by atoms with Crippen molar-refractivity contribution in [3.63, 3.8) is 0 Å². The lowest BCUT2D eigenvalue weighted by molar-refractivity contribution is 0.508. The first-order chi connectivity index (χ1) is 7.74. The second-order valence-electron chi connectivity index (χ2n) is 3.95. The Kier molecular flexibility index (Phi) is 2.11. The molecule has 1 fully saturated rings. The first-order valence-corrected chi connectivity index (χ1v) is 5.50. The lowest BCUT2D eigenvalue weighted by Crippen LogP contribution is -1.89. The SMILES string of the molecule is Nc1ccc(Cl)cc1-c1nnc(C2CC2)o1. The summed E-state index contributed by atoms with van der Waals surface area (Å²) in [5, 5.41) is 8.61. The zero-order chi connectivity index (χ0) is 11.1. The molecule has 0 bridgehead atoms. The molecule has 0 atom stereocenters. The maximum atomic E-state index is 5.90. The van der Waals surface area contributed by atoms with Crippen molar-refractivity contribution in [1.29, 1.82) is 0 Å². The van der Waals surface area contributed by atoms with Crippen LogP contribution < -0.4 is 5.73 Å². The Hall–Kier alpha value is -1.55. The predicted molar refractivity (Wildman–Crippen MR) is 61.1 cm³/mol. The third kappa shape index (κ3) is 1.65. The van der Waals surface area contributed by atoms with Crippen molar-refractivity contribution in [2.24, 2.45) is 0 Å². The number of hydrogen-bond acceptors (Lipinski definition) is 4. The molecule has 16 heavy (non-hydrogen) atoms. The summed E-state index contributed by atoms with van der Waals surface area (Å²) < 4.78 is 5.57. The lowest BCUT2D eigenvalue weighted by atomic mass is 10.2. The monoisotopic (exact) mass is 235 g/mol. The maximum Gasteiger partial charge on any atom is 0.249 e. The summed E-state index contributed by atoms with van der Waals surface area (Å²) in [5.74, 6) is 1.60. The third-order valence-corrected chi connectivity index (χ3v) is 2.85. The van der Waals surface area contributed by atoms with Crippen LogP contribution in [0.2, 0.25) is 5.02 Å². The van der Waals surface area contributed by atoms with Crippen molar-refractivity contribution in [2.45, 2.75) is 18.8 Å². The number of nitrogens with two attached hydrogens (primary N) is 1. The molecule has 4 nitrogen and oxygen atoms in total. The highest BCUT2D eigenvalue weighted by Gasteiger charge is 2.29. The van der Waals surface area contributed by atoms with Crippen molar-refractivity contribution in [2.75, 3.05) is 5.73 Å². The largest absolute Gasteiger partial charge is 0.420 e. The highest BCUT2D eigenvalue weighted by molar-refractivity contribution is 6.31. The van der Waals surface area contributed by atoms with Crippen molar-refractivity contribution >= 4 is 17.3 Å². The Balaban J connectivity index is 2.03. The molecule has 1 aromatic heterocycles. The molecule has 0 amide bonds. The summed E-state index contributed by atoms with van der Waals surface area (Å²) in [4.78, 5) is 0. The Bertz CT molecular complexity index is 534. The Labute approximate surface area is 97.4 Å². The molecule has 0 spiro atoms. The summed E-state index contributed by atoms with van der Waals surface area (Å²) >= 11 is 5.90. The molecular weight excluding hydrogens is 226 g/mol. The van der Waals surface area contributed by atoms with Gasteiger partial charge in [0.2, 0.25) is 11.8 Å². The summed E-state index contributed by atoms with van der Waals surface area (Å²) in [6, 6.07) is 5.21. The van der Waals surface area contributed by atoms with Crippen LogP contribution in [0.5, 0.6) is 0 Å². The van der Waals surface area contributed by atoms with Crippen molar-refractivity contribution in [1.82, 2.24) is 10.2 Å². The minimum Gasteiger partial charge on any atom is -0.420 e. The van der Waals surface area contributed by atoms with Gasteiger partial charge in [-0.2, -0.15) is 0 Å². The summed E-state index contributed by atoms with van der Waals surface area (Å²) in [7, 11) is 0. The molecular formula is C11H10ClN3O. The fourth-order valence-corrected chi connectivity index (χ4v) is 1.72. The summed E-state index contributed by atoms with van der Waals surface area (Å²) in [6.45, 7) is 0. The number of halogens is 1. The summed E-state index contributed by atoms with van der Waals surface area (Å²) in [5.41, 5.74) is 7.13. The Morgan fingerprint density at radius 3 is 2.88 bits per heavy atom. The van der Waals surface area contributed by atoms with Gasteiger partial charge < -0.3 is 10.2 Å². The molecule has 1 aliphatic carbocycles. The zero-order valence-electron chi connectivity index (χ0n) is 8.48. The van der Waals surface area contributed by atoms with E-state index >= 15 is 0 Å². The number of aromatic nitrogens is 2. The molecule has 5 heteroatoms. The van der Waals surface area contributed by atoms with E-state index in [1.807, 2.05) is 0 Å². The van der Waals surface area contributed by atoms with Gasteiger partial charge in [0.05, 0.1) is 5.56 Å². The van der Waals surface area contributed by atoms with E-state index in [0.717, 1.165) is 12.8 Å². The molecule has 2 N–H and O–H groups in total. The van der Waals surface area contributed by atoms with Crippen LogP contribution in [0.4, 0.5) is 5.69 Å². The molecule has 2 aromatic rings. The van der Waals surface area contributed by atoms with Crippen LogP contribution in [0.3, 0.4) is 0 Å². The van der Waals surface area contributed by atoms with Crippen LogP contribution in [0.25, 0.3) is 11.5 Å². The quantitative estimate of drug-likeness (QED) is 0.813. The number of anilines is 1. The number of nitrogens with zero attached hydrogens (tertiary/aromatic N) is 2. The van der Waals surface area contributed by atoms with Gasteiger partial charge in [-0.15, -0.1) is 10.2 Å². The Morgan fingerprint density at radius 2 is 2.12 bits per heavy atom. The van der Waals surface area contributed by atoms with Gasteiger partial charge in [0.25, 0.3) is 0 Å². The van der Waals surface area contributed by atoms with Crippen LogP contribution in [0.15, 0.2) is 22.6 Å². The first-order valence-electron chi connectivity index (χ1n) is 5.13. The highest BCUT2D eigenvalue weighted by atomic mass is 35.5. The average Bonchev–Trinajstić information content (AvgIpc) is 3.01. The normalized spacial score (nSPS) is 15.3. The number of hydrogen-bond donors (Lipinski definition) is 1. The van der Waals surface area contributed by atoms with Gasteiger partial charge in [0, 0.05) is 16.6 Å². The topological polar surface area (TPSA) is 64.9 Å². The van der Waals surface area contributed by atoms with Crippen molar-refractivity contribution in [3.05, 3.63) is 29.1 Å². The van der Waals surface area contributed by atoms with Gasteiger partial charge in [-0.1, -0.05) is 11.6 Å². The van der Waals surface area contributed by atoms with Crippen LogP contribution in [-0.4, -0.2) is 10.2 Å². The van der Waals surface area contributed by atoms with Gasteiger partial charge in [0.15, 0.2) is 0 Å². The average molecular weight is 236 g/mol.